The molecule has 0 aliphatic heterocycles. The molecule has 0 atom stereocenters. The molecule has 0 spiro atoms. The lowest BCUT2D eigenvalue weighted by Gasteiger charge is -2.22. The van der Waals surface area contributed by atoms with Crippen LogP contribution in [0.15, 0.2) is 30.3 Å². The Balaban J connectivity index is 2.86. The normalized spacial score (nSPS) is 11.1. The first-order valence-electron chi connectivity index (χ1n) is 4.13. The fourth-order valence-electron chi connectivity index (χ4n) is 1.07. The van der Waals surface area contributed by atoms with E-state index in [1.54, 1.807) is 30.3 Å². The van der Waals surface area contributed by atoms with E-state index in [-0.39, 0.29) is 6.54 Å². The van der Waals surface area contributed by atoms with Gasteiger partial charge in [-0.25, -0.2) is 9.46 Å². The van der Waals surface area contributed by atoms with Gasteiger partial charge in [-0.1, -0.05) is 30.3 Å². The van der Waals surface area contributed by atoms with Crippen molar-refractivity contribution >= 4 is 13.7 Å². The number of hydrogen-bond acceptors (Lipinski definition) is 2. The Morgan fingerprint density at radius 1 is 1.33 bits per heavy atom. The van der Waals surface area contributed by atoms with Crippen LogP contribution >= 0.6 is 7.59 Å². The topological polar surface area (TPSA) is 110 Å². The lowest BCUT2D eigenvalue weighted by atomic mass is 10.2. The smallest absolute Gasteiger partial charge is 0.415 e. The first kappa shape index (κ1) is 11.7. The van der Waals surface area contributed by atoms with E-state index < -0.39 is 13.7 Å². The fraction of sp³-hybridized carbons (Fsp3) is 0.125. The van der Waals surface area contributed by atoms with Gasteiger partial charge < -0.3 is 5.11 Å². The van der Waals surface area contributed by atoms with Gasteiger partial charge in [0.15, 0.2) is 0 Å². The van der Waals surface area contributed by atoms with E-state index >= 15 is 0 Å². The van der Waals surface area contributed by atoms with E-state index in [0.717, 1.165) is 0 Å². The molecule has 82 valence electrons. The predicted octanol–water partition coefficient (Wildman–Crippen LogP) is 1.19. The van der Waals surface area contributed by atoms with Gasteiger partial charge in [-0.2, -0.15) is 0 Å². The van der Waals surface area contributed by atoms with Crippen LogP contribution < -0.4 is 11.0 Å². The first-order valence-corrected chi connectivity index (χ1v) is 5.93. The average molecular weight is 229 g/mol. The molecule has 0 saturated carbocycles. The Morgan fingerprint density at radius 3 is 2.27 bits per heavy atom. The van der Waals surface area contributed by atoms with Crippen molar-refractivity contribution in [1.29, 1.82) is 0 Å². The highest BCUT2D eigenvalue weighted by molar-refractivity contribution is 7.57. The van der Waals surface area contributed by atoms with Crippen molar-refractivity contribution in [2.24, 2.45) is 11.0 Å². The number of carbonyl (C=O) groups is 1. The van der Waals surface area contributed by atoms with Gasteiger partial charge in [0, 0.05) is 0 Å². The molecule has 0 bridgehead atoms. The van der Waals surface area contributed by atoms with Crippen LogP contribution in [0.25, 0.3) is 0 Å². The minimum absolute atomic E-state index is 0.0829. The second kappa shape index (κ2) is 4.44. The van der Waals surface area contributed by atoms with Crippen LogP contribution in [-0.2, 0) is 11.1 Å². The van der Waals surface area contributed by atoms with Gasteiger partial charge in [0.1, 0.15) is 0 Å². The number of hydrogen-bond donors (Lipinski definition) is 3. The lowest BCUT2D eigenvalue weighted by Crippen LogP contribution is -2.32. The second-order valence-electron chi connectivity index (χ2n) is 3.00. The van der Waals surface area contributed by atoms with Gasteiger partial charge in [-0.3, -0.25) is 15.6 Å². The third-order valence-corrected chi connectivity index (χ3v) is 2.84. The summed E-state index contributed by atoms with van der Waals surface area (Å²) in [7, 11) is -3.76. The van der Waals surface area contributed by atoms with E-state index in [1.165, 1.54) is 0 Å². The first-order chi connectivity index (χ1) is 6.91. The number of carboxylic acid groups (broad SMARTS) is 1. The molecule has 15 heavy (non-hydrogen) atoms. The lowest BCUT2D eigenvalue weighted by molar-refractivity contribution is 0.170. The van der Waals surface area contributed by atoms with Crippen molar-refractivity contribution < 1.29 is 14.5 Å². The fourth-order valence-corrected chi connectivity index (χ4v) is 1.72. The van der Waals surface area contributed by atoms with Crippen molar-refractivity contribution in [3.63, 3.8) is 0 Å². The molecule has 0 unspecified atom stereocenters. The van der Waals surface area contributed by atoms with Gasteiger partial charge in [-0.15, -0.1) is 0 Å². The summed E-state index contributed by atoms with van der Waals surface area (Å²) in [5.74, 6) is 0. The van der Waals surface area contributed by atoms with E-state index in [9.17, 15) is 9.36 Å². The maximum Gasteiger partial charge on any atom is 0.415 e. The quantitative estimate of drug-likeness (QED) is 0.674. The molecule has 1 aromatic rings. The number of amides is 1. The highest BCUT2D eigenvalue weighted by atomic mass is 31.2. The van der Waals surface area contributed by atoms with Gasteiger partial charge >= 0.3 is 13.7 Å². The molecule has 0 aliphatic carbocycles. The largest absolute Gasteiger partial charge is 0.465 e. The minimum Gasteiger partial charge on any atom is -0.465 e. The molecule has 7 heteroatoms. The molecule has 0 fully saturated rings. The summed E-state index contributed by atoms with van der Waals surface area (Å²) in [6, 6.07) is 8.68. The zero-order valence-corrected chi connectivity index (χ0v) is 8.80. The van der Waals surface area contributed by atoms with Gasteiger partial charge in [0.05, 0.1) is 6.54 Å². The second-order valence-corrected chi connectivity index (χ2v) is 4.83. The van der Waals surface area contributed by atoms with Crippen LogP contribution in [0.2, 0.25) is 0 Å². The highest BCUT2D eigenvalue weighted by Gasteiger charge is 2.26. The molecule has 0 heterocycles. The Kier molecular flexibility index (Phi) is 3.47. The Hall–Kier alpha value is -1.36. The minimum atomic E-state index is -3.76. The maximum absolute atomic E-state index is 11.3. The Morgan fingerprint density at radius 2 is 1.87 bits per heavy atom. The highest BCUT2D eigenvalue weighted by Crippen LogP contribution is 2.33. The molecule has 1 aromatic carbocycles. The maximum atomic E-state index is 11.3. The summed E-state index contributed by atoms with van der Waals surface area (Å²) in [6.45, 7) is -0.0829. The predicted molar refractivity (Wildman–Crippen MR) is 56.0 cm³/mol. The van der Waals surface area contributed by atoms with E-state index in [0.29, 0.717) is 10.2 Å². The molecule has 0 saturated heterocycles. The standard InChI is InChI=1S/C8H12N3O3P/c9-15(10,14)11(8(12)13)6-7-4-2-1-3-5-7/h1-5H,6H2,(H,12,13)(H4,9,10,14). The molecule has 6 nitrogen and oxygen atoms in total. The van der Waals surface area contributed by atoms with Crippen LogP contribution in [0.4, 0.5) is 4.79 Å². The molecule has 0 radical (unpaired) electrons. The number of nitrogens with two attached hydrogens (primary N) is 2. The molecular weight excluding hydrogens is 217 g/mol. The Labute approximate surface area is 87.0 Å². The molecular formula is C8H12N3O3P. The van der Waals surface area contributed by atoms with E-state index in [1.807, 2.05) is 0 Å². The number of rotatable bonds is 3. The number of benzene rings is 1. The third-order valence-electron chi connectivity index (χ3n) is 1.77. The van der Waals surface area contributed by atoms with E-state index in [4.69, 9.17) is 16.1 Å². The third kappa shape index (κ3) is 3.36. The van der Waals surface area contributed by atoms with Crippen molar-refractivity contribution in [2.45, 2.75) is 6.54 Å². The Bertz CT molecular complexity index is 389. The summed E-state index contributed by atoms with van der Waals surface area (Å²) in [5, 5.41) is 8.76. The zero-order valence-electron chi connectivity index (χ0n) is 7.91. The van der Waals surface area contributed by atoms with E-state index in [2.05, 4.69) is 0 Å². The molecule has 0 aromatic heterocycles. The van der Waals surface area contributed by atoms with Crippen LogP contribution in [-0.4, -0.2) is 15.9 Å². The monoisotopic (exact) mass is 229 g/mol. The van der Waals surface area contributed by atoms with Crippen LogP contribution in [0, 0.1) is 0 Å². The molecule has 5 N–H and O–H groups in total. The molecule has 1 rings (SSSR count). The summed E-state index contributed by atoms with van der Waals surface area (Å²) < 4.78 is 11.8. The van der Waals surface area contributed by atoms with Crippen molar-refractivity contribution in [3.8, 4) is 0 Å². The van der Waals surface area contributed by atoms with Crippen molar-refractivity contribution in [1.82, 2.24) is 4.67 Å². The van der Waals surface area contributed by atoms with Crippen molar-refractivity contribution in [3.05, 3.63) is 35.9 Å². The van der Waals surface area contributed by atoms with Crippen LogP contribution in [0.5, 0.6) is 0 Å². The molecule has 1 amide bonds. The van der Waals surface area contributed by atoms with Gasteiger partial charge in [0.2, 0.25) is 0 Å². The zero-order chi connectivity index (χ0) is 11.5. The van der Waals surface area contributed by atoms with Gasteiger partial charge in [0.25, 0.3) is 0 Å². The van der Waals surface area contributed by atoms with Crippen LogP contribution in [0.3, 0.4) is 0 Å². The van der Waals surface area contributed by atoms with Crippen LogP contribution in [0.1, 0.15) is 5.56 Å². The summed E-state index contributed by atoms with van der Waals surface area (Å²) in [4.78, 5) is 10.7. The molecule has 0 aliphatic rings. The van der Waals surface area contributed by atoms with Gasteiger partial charge in [-0.05, 0) is 5.56 Å². The average Bonchev–Trinajstić information content (AvgIpc) is 2.13. The SMILES string of the molecule is NP(N)(=O)N(Cc1ccccc1)C(=O)O. The number of nitrogens with zero attached hydrogens (tertiary/aromatic N) is 1. The van der Waals surface area contributed by atoms with Crippen molar-refractivity contribution in [2.75, 3.05) is 0 Å². The summed E-state index contributed by atoms with van der Waals surface area (Å²) >= 11 is 0. The summed E-state index contributed by atoms with van der Waals surface area (Å²) in [6.07, 6.45) is -1.40. The summed E-state index contributed by atoms with van der Waals surface area (Å²) in [5.41, 5.74) is 10.9.